The largest absolute Gasteiger partial charge is 0.316 e. The molecule has 2 N–H and O–H groups in total. The van der Waals surface area contributed by atoms with Crippen molar-refractivity contribution in [1.82, 2.24) is 10.0 Å². The highest BCUT2D eigenvalue weighted by Gasteiger charge is 2.20. The van der Waals surface area contributed by atoms with E-state index in [1.807, 2.05) is 6.92 Å². The summed E-state index contributed by atoms with van der Waals surface area (Å²) in [7, 11) is -1.99. The van der Waals surface area contributed by atoms with Crippen molar-refractivity contribution in [3.05, 3.63) is 28.8 Å². The smallest absolute Gasteiger partial charge is 0.241 e. The van der Waals surface area contributed by atoms with Crippen LogP contribution in [0.5, 0.6) is 0 Å². The Hall–Kier alpha value is -0.840. The molecule has 0 saturated carbocycles. The van der Waals surface area contributed by atoms with Crippen molar-refractivity contribution >= 4 is 34.0 Å². The van der Waals surface area contributed by atoms with Crippen LogP contribution in [-0.4, -0.2) is 28.1 Å². The number of benzene rings is 1. The second kappa shape index (κ2) is 7.68. The van der Waals surface area contributed by atoms with Gasteiger partial charge in [-0.05, 0) is 26.1 Å². The summed E-state index contributed by atoms with van der Waals surface area (Å²) in [6, 6.07) is 6.13. The van der Waals surface area contributed by atoms with Gasteiger partial charge in [0.1, 0.15) is 11.0 Å². The van der Waals surface area contributed by atoms with Gasteiger partial charge in [0.15, 0.2) is 0 Å². The Labute approximate surface area is 124 Å². The summed E-state index contributed by atoms with van der Waals surface area (Å²) in [6.45, 7) is 2.07. The molecule has 0 radical (unpaired) electrons. The quantitative estimate of drug-likeness (QED) is 0.860. The fourth-order valence-corrected chi connectivity index (χ4v) is 2.83. The summed E-state index contributed by atoms with van der Waals surface area (Å²) in [5, 5.41) is 12.0. The maximum absolute atomic E-state index is 12.0. The van der Waals surface area contributed by atoms with E-state index in [4.69, 9.17) is 16.9 Å². The van der Waals surface area contributed by atoms with Gasteiger partial charge >= 0.3 is 0 Å². The second-order valence-electron chi connectivity index (χ2n) is 3.77. The molecular formula is C11H15Cl2N3O2S. The molecule has 1 aromatic carbocycles. The maximum Gasteiger partial charge on any atom is 0.241 e. The van der Waals surface area contributed by atoms with Gasteiger partial charge in [-0.15, -0.1) is 12.4 Å². The van der Waals surface area contributed by atoms with Gasteiger partial charge in [0.2, 0.25) is 10.0 Å². The fourth-order valence-electron chi connectivity index (χ4n) is 1.25. The number of rotatable bonds is 5. The molecule has 106 valence electrons. The lowest BCUT2D eigenvalue weighted by Gasteiger charge is -2.12. The van der Waals surface area contributed by atoms with E-state index < -0.39 is 10.0 Å². The number of hydrogen-bond donors (Lipinski definition) is 2. The molecule has 8 heteroatoms. The summed E-state index contributed by atoms with van der Waals surface area (Å²) in [5.41, 5.74) is -0.0382. The summed E-state index contributed by atoms with van der Waals surface area (Å²) in [5.74, 6) is 0. The summed E-state index contributed by atoms with van der Waals surface area (Å²) >= 11 is 5.80. The third kappa shape index (κ3) is 4.64. The topological polar surface area (TPSA) is 82.0 Å². The second-order valence-corrected chi connectivity index (χ2v) is 5.91. The van der Waals surface area contributed by atoms with Crippen LogP contribution < -0.4 is 10.0 Å². The predicted octanol–water partition coefficient (Wildman–Crippen LogP) is 1.52. The molecule has 5 nitrogen and oxygen atoms in total. The summed E-state index contributed by atoms with van der Waals surface area (Å²) < 4.78 is 26.5. The van der Waals surface area contributed by atoms with Crippen molar-refractivity contribution in [2.75, 3.05) is 13.6 Å². The molecule has 1 rings (SSSR count). The lowest BCUT2D eigenvalue weighted by atomic mass is 10.2. The van der Waals surface area contributed by atoms with E-state index in [-0.39, 0.29) is 40.5 Å². The van der Waals surface area contributed by atoms with Crippen molar-refractivity contribution in [2.45, 2.75) is 17.9 Å². The van der Waals surface area contributed by atoms with Crippen LogP contribution in [0.4, 0.5) is 0 Å². The van der Waals surface area contributed by atoms with Gasteiger partial charge < -0.3 is 5.32 Å². The lowest BCUT2D eigenvalue weighted by molar-refractivity contribution is 0.554. The van der Waals surface area contributed by atoms with Crippen LogP contribution in [0.2, 0.25) is 5.02 Å². The number of hydrogen-bond acceptors (Lipinski definition) is 4. The molecule has 0 amide bonds. The maximum atomic E-state index is 12.0. The van der Waals surface area contributed by atoms with Crippen molar-refractivity contribution in [3.8, 4) is 6.07 Å². The molecule has 19 heavy (non-hydrogen) atoms. The van der Waals surface area contributed by atoms with Crippen LogP contribution in [0.25, 0.3) is 0 Å². The van der Waals surface area contributed by atoms with E-state index in [0.29, 0.717) is 0 Å². The Kier molecular flexibility index (Phi) is 7.34. The monoisotopic (exact) mass is 323 g/mol. The molecule has 0 aliphatic carbocycles. The number of nitrogens with one attached hydrogen (secondary N) is 2. The normalized spacial score (nSPS) is 12.3. The first-order valence-electron chi connectivity index (χ1n) is 5.28. The minimum absolute atomic E-state index is 0. The van der Waals surface area contributed by atoms with Crippen molar-refractivity contribution in [2.24, 2.45) is 0 Å². The van der Waals surface area contributed by atoms with Crippen LogP contribution >= 0.6 is 24.0 Å². The molecule has 0 heterocycles. The first-order chi connectivity index (χ1) is 8.42. The molecule has 1 atom stereocenters. The van der Waals surface area contributed by atoms with Gasteiger partial charge in [-0.25, -0.2) is 13.1 Å². The van der Waals surface area contributed by atoms with Crippen molar-refractivity contribution in [3.63, 3.8) is 0 Å². The van der Waals surface area contributed by atoms with Gasteiger partial charge in [0, 0.05) is 12.6 Å². The number of sulfonamides is 1. The fraction of sp³-hybridized carbons (Fsp3) is 0.364. The van der Waals surface area contributed by atoms with E-state index in [1.54, 1.807) is 13.1 Å². The van der Waals surface area contributed by atoms with E-state index in [2.05, 4.69) is 10.0 Å². The number of nitrogens with zero attached hydrogens (tertiary/aromatic N) is 1. The highest BCUT2D eigenvalue weighted by atomic mass is 35.5. The van der Waals surface area contributed by atoms with Crippen molar-refractivity contribution < 1.29 is 8.42 Å². The Balaban J connectivity index is 0.00000324. The van der Waals surface area contributed by atoms with Crippen LogP contribution in [0.1, 0.15) is 12.5 Å². The van der Waals surface area contributed by atoms with E-state index in [9.17, 15) is 8.42 Å². The predicted molar refractivity (Wildman–Crippen MR) is 77.1 cm³/mol. The van der Waals surface area contributed by atoms with Crippen LogP contribution in [0.15, 0.2) is 23.1 Å². The highest BCUT2D eigenvalue weighted by molar-refractivity contribution is 7.89. The average molecular weight is 324 g/mol. The van der Waals surface area contributed by atoms with Gasteiger partial charge in [0.05, 0.1) is 10.6 Å². The Morgan fingerprint density at radius 1 is 1.47 bits per heavy atom. The molecule has 0 saturated heterocycles. The standard InChI is InChI=1S/C11H14ClN3O2S.ClH/c1-8(14-2)7-15-18(16,17)11-5-3-4-10(12)9(11)6-13;/h3-5,8,14-15H,7H2,1-2H3;1H. The van der Waals surface area contributed by atoms with Gasteiger partial charge in [0.25, 0.3) is 0 Å². The zero-order chi connectivity index (χ0) is 13.8. The molecule has 0 aliphatic rings. The van der Waals surface area contributed by atoms with E-state index >= 15 is 0 Å². The minimum Gasteiger partial charge on any atom is -0.316 e. The Morgan fingerprint density at radius 3 is 2.63 bits per heavy atom. The first-order valence-corrected chi connectivity index (χ1v) is 7.14. The molecule has 0 aliphatic heterocycles. The molecular weight excluding hydrogens is 309 g/mol. The molecule has 0 aromatic heterocycles. The first kappa shape index (κ1) is 18.2. The van der Waals surface area contributed by atoms with E-state index in [1.165, 1.54) is 18.2 Å². The van der Waals surface area contributed by atoms with Gasteiger partial charge in [-0.1, -0.05) is 17.7 Å². The molecule has 0 spiro atoms. The molecule has 1 aromatic rings. The Bertz CT molecular complexity index is 570. The van der Waals surface area contributed by atoms with E-state index in [0.717, 1.165) is 0 Å². The zero-order valence-electron chi connectivity index (χ0n) is 10.5. The van der Waals surface area contributed by atoms with Crippen LogP contribution in [0, 0.1) is 11.3 Å². The third-order valence-corrected chi connectivity index (χ3v) is 4.23. The summed E-state index contributed by atoms with van der Waals surface area (Å²) in [4.78, 5) is -0.0965. The molecule has 1 unspecified atom stereocenters. The van der Waals surface area contributed by atoms with Crippen LogP contribution in [-0.2, 0) is 10.0 Å². The molecule has 0 bridgehead atoms. The number of halogens is 2. The minimum atomic E-state index is -3.73. The average Bonchev–Trinajstić information content (AvgIpc) is 2.35. The third-order valence-electron chi connectivity index (χ3n) is 2.45. The Morgan fingerprint density at radius 2 is 2.11 bits per heavy atom. The SMILES string of the molecule is CNC(C)CNS(=O)(=O)c1cccc(Cl)c1C#N.Cl. The molecule has 0 fully saturated rings. The zero-order valence-corrected chi connectivity index (χ0v) is 12.9. The van der Waals surface area contributed by atoms with Gasteiger partial charge in [-0.2, -0.15) is 5.26 Å². The number of likely N-dealkylation sites (N-methyl/N-ethyl adjacent to an activating group) is 1. The van der Waals surface area contributed by atoms with Crippen molar-refractivity contribution in [1.29, 1.82) is 5.26 Å². The summed E-state index contributed by atoms with van der Waals surface area (Å²) in [6.07, 6.45) is 0. The van der Waals surface area contributed by atoms with Crippen LogP contribution in [0.3, 0.4) is 0 Å². The lowest BCUT2D eigenvalue weighted by Crippen LogP contribution is -2.37. The highest BCUT2D eigenvalue weighted by Crippen LogP contribution is 2.22. The number of nitriles is 1. The van der Waals surface area contributed by atoms with Gasteiger partial charge in [-0.3, -0.25) is 0 Å².